The Morgan fingerprint density at radius 2 is 1.90 bits per heavy atom. The summed E-state index contributed by atoms with van der Waals surface area (Å²) in [7, 11) is 3.20. The summed E-state index contributed by atoms with van der Waals surface area (Å²) in [6.07, 6.45) is 1.63. The smallest absolute Gasteiger partial charge is 0.174 e. The van der Waals surface area contributed by atoms with E-state index in [1.807, 2.05) is 35.2 Å². The fraction of sp³-hybridized carbons (Fsp3) is 0.190. The molecule has 2 aromatic carbocycles. The number of benzene rings is 2. The second kappa shape index (κ2) is 9.87. The van der Waals surface area contributed by atoms with Gasteiger partial charge in [-0.05, 0) is 54.2 Å². The molecule has 0 saturated carbocycles. The summed E-state index contributed by atoms with van der Waals surface area (Å²) < 4.78 is 16.2. The van der Waals surface area contributed by atoms with Crippen LogP contribution in [0, 0.1) is 0 Å². The van der Waals surface area contributed by atoms with Gasteiger partial charge in [-0.3, -0.25) is 0 Å². The number of halogens is 2. The minimum atomic E-state index is 0.469. The average Bonchev–Trinajstić information content (AvgIpc) is 3.22. The average molecular weight is 451 g/mol. The number of ether oxygens (including phenoxy) is 2. The second-order valence-corrected chi connectivity index (χ2v) is 7.40. The van der Waals surface area contributed by atoms with Crippen LogP contribution < -0.4 is 14.8 Å². The highest BCUT2D eigenvalue weighted by Gasteiger charge is 2.16. The van der Waals surface area contributed by atoms with Crippen LogP contribution in [0.25, 0.3) is 0 Å². The predicted octanol–water partition coefficient (Wildman–Crippen LogP) is 6.00. The Bertz CT molecular complexity index is 980. The first-order chi connectivity index (χ1) is 14.0. The number of thiocarbonyl (C=S) groups is 1. The van der Waals surface area contributed by atoms with Crippen molar-refractivity contribution in [2.75, 3.05) is 19.5 Å². The molecule has 0 spiro atoms. The topological polar surface area (TPSA) is 46.9 Å². The molecule has 0 atom stereocenters. The van der Waals surface area contributed by atoms with E-state index in [1.54, 1.807) is 38.7 Å². The van der Waals surface area contributed by atoms with E-state index < -0.39 is 0 Å². The number of nitrogens with zero attached hydrogens (tertiary/aromatic N) is 1. The van der Waals surface area contributed by atoms with Crippen molar-refractivity contribution in [1.29, 1.82) is 0 Å². The normalized spacial score (nSPS) is 10.5. The Morgan fingerprint density at radius 3 is 2.55 bits per heavy atom. The van der Waals surface area contributed by atoms with E-state index in [-0.39, 0.29) is 0 Å². The van der Waals surface area contributed by atoms with E-state index in [0.29, 0.717) is 39.7 Å². The van der Waals surface area contributed by atoms with Crippen molar-refractivity contribution in [3.05, 3.63) is 76.2 Å². The van der Waals surface area contributed by atoms with Crippen molar-refractivity contribution in [3.63, 3.8) is 0 Å². The number of methoxy groups -OCH3 is 2. The van der Waals surface area contributed by atoms with Crippen LogP contribution in [0.4, 0.5) is 5.69 Å². The lowest BCUT2D eigenvalue weighted by Gasteiger charge is -2.26. The van der Waals surface area contributed by atoms with Gasteiger partial charge in [0, 0.05) is 22.7 Å². The van der Waals surface area contributed by atoms with Crippen LogP contribution in [-0.4, -0.2) is 24.2 Å². The Hall–Kier alpha value is -2.41. The quantitative estimate of drug-likeness (QED) is 0.445. The number of nitrogens with one attached hydrogen (secondary N) is 1. The zero-order valence-electron chi connectivity index (χ0n) is 15.9. The number of furan rings is 1. The van der Waals surface area contributed by atoms with Crippen LogP contribution in [0.2, 0.25) is 10.0 Å². The molecule has 29 heavy (non-hydrogen) atoms. The van der Waals surface area contributed by atoms with E-state index in [9.17, 15) is 0 Å². The number of rotatable bonds is 7. The number of hydrogen-bond donors (Lipinski definition) is 1. The Morgan fingerprint density at radius 1 is 1.07 bits per heavy atom. The molecule has 1 N–H and O–H groups in total. The van der Waals surface area contributed by atoms with Gasteiger partial charge in [0.15, 0.2) is 5.11 Å². The third-order valence-electron chi connectivity index (χ3n) is 4.24. The molecule has 0 bridgehead atoms. The van der Waals surface area contributed by atoms with Crippen LogP contribution in [0.5, 0.6) is 11.5 Å². The lowest BCUT2D eigenvalue weighted by Crippen LogP contribution is -2.34. The highest BCUT2D eigenvalue weighted by atomic mass is 35.5. The van der Waals surface area contributed by atoms with Crippen molar-refractivity contribution < 1.29 is 13.9 Å². The van der Waals surface area contributed by atoms with Crippen molar-refractivity contribution >= 4 is 46.2 Å². The molecular formula is C21H20Cl2N2O3S. The molecule has 3 rings (SSSR count). The lowest BCUT2D eigenvalue weighted by molar-refractivity contribution is 0.360. The summed E-state index contributed by atoms with van der Waals surface area (Å²) in [5, 5.41) is 4.90. The molecule has 5 nitrogen and oxygen atoms in total. The molecule has 0 fully saturated rings. The molecular weight excluding hydrogens is 431 g/mol. The van der Waals surface area contributed by atoms with E-state index in [2.05, 4.69) is 5.32 Å². The Labute approximate surface area is 185 Å². The maximum atomic E-state index is 6.37. The largest absolute Gasteiger partial charge is 0.497 e. The zero-order chi connectivity index (χ0) is 20.8. The van der Waals surface area contributed by atoms with Gasteiger partial charge in [0.2, 0.25) is 0 Å². The zero-order valence-corrected chi connectivity index (χ0v) is 18.3. The molecule has 8 heteroatoms. The predicted molar refractivity (Wildman–Crippen MR) is 120 cm³/mol. The maximum Gasteiger partial charge on any atom is 0.174 e. The first-order valence-electron chi connectivity index (χ1n) is 8.74. The summed E-state index contributed by atoms with van der Waals surface area (Å²) in [5.74, 6) is 2.09. The second-order valence-electron chi connectivity index (χ2n) is 6.17. The SMILES string of the molecule is COc1ccc(NC(=S)N(Cc2ccco2)Cc2ccc(Cl)cc2Cl)c(OC)c1. The fourth-order valence-electron chi connectivity index (χ4n) is 2.74. The van der Waals surface area contributed by atoms with Gasteiger partial charge in [-0.25, -0.2) is 0 Å². The van der Waals surface area contributed by atoms with Gasteiger partial charge >= 0.3 is 0 Å². The molecule has 0 radical (unpaired) electrons. The molecule has 3 aromatic rings. The standard InChI is InChI=1S/C21H20Cl2N2O3S/c1-26-16-7-8-19(20(11-16)27-2)24-21(29)25(13-17-4-3-9-28-17)12-14-5-6-15(22)10-18(14)23/h3-11H,12-13H2,1-2H3,(H,24,29). The molecule has 0 unspecified atom stereocenters. The van der Waals surface area contributed by atoms with Crippen LogP contribution in [-0.2, 0) is 13.1 Å². The van der Waals surface area contributed by atoms with Gasteiger partial charge in [0.25, 0.3) is 0 Å². The first kappa shape index (κ1) is 21.3. The molecule has 152 valence electrons. The van der Waals surface area contributed by atoms with Crippen LogP contribution in [0.3, 0.4) is 0 Å². The summed E-state index contributed by atoms with van der Waals surface area (Å²) in [5.41, 5.74) is 1.62. The van der Waals surface area contributed by atoms with E-state index in [1.165, 1.54) is 0 Å². The van der Waals surface area contributed by atoms with Gasteiger partial charge in [0.05, 0.1) is 32.7 Å². The highest BCUT2D eigenvalue weighted by Crippen LogP contribution is 2.30. The molecule has 1 aromatic heterocycles. The summed E-state index contributed by atoms with van der Waals surface area (Å²) in [6.45, 7) is 0.942. The summed E-state index contributed by atoms with van der Waals surface area (Å²) in [4.78, 5) is 1.95. The van der Waals surface area contributed by atoms with Gasteiger partial charge in [-0.1, -0.05) is 29.3 Å². The molecule has 0 aliphatic rings. The molecule has 1 heterocycles. The number of anilines is 1. The van der Waals surface area contributed by atoms with Gasteiger partial charge in [-0.2, -0.15) is 0 Å². The van der Waals surface area contributed by atoms with Crippen LogP contribution in [0.15, 0.2) is 59.2 Å². The van der Waals surface area contributed by atoms with Crippen molar-refractivity contribution in [1.82, 2.24) is 4.90 Å². The molecule has 0 saturated heterocycles. The van der Waals surface area contributed by atoms with Crippen molar-refractivity contribution in [2.24, 2.45) is 0 Å². The number of hydrogen-bond acceptors (Lipinski definition) is 4. The van der Waals surface area contributed by atoms with E-state index in [0.717, 1.165) is 17.0 Å². The van der Waals surface area contributed by atoms with Gasteiger partial charge < -0.3 is 24.1 Å². The molecule has 0 aliphatic heterocycles. The van der Waals surface area contributed by atoms with E-state index >= 15 is 0 Å². The molecule has 0 aliphatic carbocycles. The van der Waals surface area contributed by atoms with Gasteiger partial charge in [0.1, 0.15) is 17.3 Å². The Kier molecular flexibility index (Phi) is 7.25. The van der Waals surface area contributed by atoms with Crippen molar-refractivity contribution in [2.45, 2.75) is 13.1 Å². The third kappa shape index (κ3) is 5.56. The van der Waals surface area contributed by atoms with Crippen LogP contribution >= 0.6 is 35.4 Å². The Balaban J connectivity index is 1.84. The third-order valence-corrected chi connectivity index (χ3v) is 5.19. The van der Waals surface area contributed by atoms with E-state index in [4.69, 9.17) is 49.3 Å². The minimum Gasteiger partial charge on any atom is -0.497 e. The summed E-state index contributed by atoms with van der Waals surface area (Å²) in [6, 6.07) is 14.6. The molecule has 0 amide bonds. The fourth-order valence-corrected chi connectivity index (χ4v) is 3.45. The van der Waals surface area contributed by atoms with Crippen LogP contribution in [0.1, 0.15) is 11.3 Å². The first-order valence-corrected chi connectivity index (χ1v) is 9.91. The lowest BCUT2D eigenvalue weighted by atomic mass is 10.2. The summed E-state index contributed by atoms with van der Waals surface area (Å²) >= 11 is 18.1. The minimum absolute atomic E-state index is 0.469. The maximum absolute atomic E-state index is 6.37. The van der Waals surface area contributed by atoms with Crippen molar-refractivity contribution in [3.8, 4) is 11.5 Å². The monoisotopic (exact) mass is 450 g/mol. The van der Waals surface area contributed by atoms with Gasteiger partial charge in [-0.15, -0.1) is 0 Å². The highest BCUT2D eigenvalue weighted by molar-refractivity contribution is 7.80.